The molecule has 20 heavy (non-hydrogen) atoms. The summed E-state index contributed by atoms with van der Waals surface area (Å²) in [4.78, 5) is 14.5. The molecule has 0 spiro atoms. The van der Waals surface area contributed by atoms with Gasteiger partial charge in [-0.3, -0.25) is 10.1 Å². The van der Waals surface area contributed by atoms with E-state index in [1.807, 2.05) is 4.57 Å². The van der Waals surface area contributed by atoms with Crippen molar-refractivity contribution in [2.75, 3.05) is 5.32 Å². The van der Waals surface area contributed by atoms with Crippen LogP contribution >= 0.6 is 0 Å². The Morgan fingerprint density at radius 2 is 2.30 bits per heavy atom. The zero-order valence-corrected chi connectivity index (χ0v) is 11.1. The van der Waals surface area contributed by atoms with E-state index in [0.717, 1.165) is 24.7 Å². The van der Waals surface area contributed by atoms with E-state index in [2.05, 4.69) is 17.2 Å². The van der Waals surface area contributed by atoms with Crippen molar-refractivity contribution in [2.45, 2.75) is 26.4 Å². The van der Waals surface area contributed by atoms with E-state index in [1.54, 1.807) is 12.5 Å². The molecular weight excluding hydrogens is 260 g/mol. The number of nitrogens with zero attached hydrogens (tertiary/aromatic N) is 3. The highest BCUT2D eigenvalue weighted by Gasteiger charge is 2.14. The van der Waals surface area contributed by atoms with Crippen molar-refractivity contribution < 1.29 is 10.0 Å². The van der Waals surface area contributed by atoms with Crippen LogP contribution in [-0.4, -0.2) is 19.6 Å². The molecule has 0 saturated carbocycles. The number of aromatic hydroxyl groups is 1. The summed E-state index contributed by atoms with van der Waals surface area (Å²) in [5.74, 6) is -0.127. The van der Waals surface area contributed by atoms with Gasteiger partial charge in [-0.25, -0.2) is 4.98 Å². The van der Waals surface area contributed by atoms with Gasteiger partial charge in [0.05, 0.1) is 29.6 Å². The molecule has 0 aliphatic carbocycles. The maximum atomic E-state index is 10.9. The first-order chi connectivity index (χ1) is 9.61. The Hall–Kier alpha value is -2.57. The fraction of sp³-hybridized carbons (Fsp3) is 0.308. The quantitative estimate of drug-likeness (QED) is 0.480. The van der Waals surface area contributed by atoms with Crippen LogP contribution in [0.5, 0.6) is 5.75 Å². The molecule has 0 atom stereocenters. The normalized spacial score (nSPS) is 10.4. The molecule has 1 aromatic heterocycles. The molecule has 0 fully saturated rings. The minimum Gasteiger partial charge on any atom is -0.508 e. The molecule has 0 aliphatic rings. The highest BCUT2D eigenvalue weighted by Crippen LogP contribution is 2.28. The second-order valence-electron chi connectivity index (χ2n) is 4.39. The van der Waals surface area contributed by atoms with Gasteiger partial charge in [-0.15, -0.1) is 0 Å². The van der Waals surface area contributed by atoms with Crippen LogP contribution in [0.2, 0.25) is 0 Å². The Bertz CT molecular complexity index is 609. The van der Waals surface area contributed by atoms with Crippen molar-refractivity contribution >= 4 is 11.4 Å². The molecule has 0 amide bonds. The second kappa shape index (κ2) is 6.05. The average Bonchev–Trinajstić information content (AvgIpc) is 2.85. The Morgan fingerprint density at radius 1 is 1.50 bits per heavy atom. The van der Waals surface area contributed by atoms with Crippen LogP contribution in [0.4, 0.5) is 11.4 Å². The van der Waals surface area contributed by atoms with Gasteiger partial charge < -0.3 is 15.0 Å². The maximum Gasteiger partial charge on any atom is 0.296 e. The molecule has 1 heterocycles. The first-order valence-electron chi connectivity index (χ1n) is 6.32. The summed E-state index contributed by atoms with van der Waals surface area (Å²) in [6, 6.07) is 4.04. The van der Waals surface area contributed by atoms with Crippen molar-refractivity contribution in [1.82, 2.24) is 9.55 Å². The van der Waals surface area contributed by atoms with E-state index in [4.69, 9.17) is 0 Å². The van der Waals surface area contributed by atoms with Gasteiger partial charge >= 0.3 is 0 Å². The molecule has 0 unspecified atom stereocenters. The third-order valence-electron chi connectivity index (χ3n) is 2.90. The van der Waals surface area contributed by atoms with Gasteiger partial charge in [-0.05, 0) is 18.6 Å². The van der Waals surface area contributed by atoms with Crippen LogP contribution in [0.3, 0.4) is 0 Å². The number of aryl methyl sites for hydroxylation is 1. The number of benzene rings is 1. The number of rotatable bonds is 6. The zero-order valence-electron chi connectivity index (χ0n) is 11.1. The number of anilines is 1. The number of nitro groups is 1. The maximum absolute atomic E-state index is 10.9. The Morgan fingerprint density at radius 3 is 3.00 bits per heavy atom. The first-order valence-corrected chi connectivity index (χ1v) is 6.32. The first kappa shape index (κ1) is 13.9. The number of phenols is 1. The van der Waals surface area contributed by atoms with Gasteiger partial charge in [-0.1, -0.05) is 6.92 Å². The summed E-state index contributed by atoms with van der Waals surface area (Å²) < 4.78 is 2.00. The zero-order chi connectivity index (χ0) is 14.5. The topological polar surface area (TPSA) is 93.2 Å². The number of hydrogen-bond acceptors (Lipinski definition) is 5. The number of nitrogens with one attached hydrogen (secondary N) is 1. The number of nitro benzene ring substituents is 1. The van der Waals surface area contributed by atoms with Gasteiger partial charge in [0.2, 0.25) is 0 Å². The lowest BCUT2D eigenvalue weighted by Gasteiger charge is -2.09. The molecule has 2 N–H and O–H groups in total. The molecule has 7 heteroatoms. The number of aromatic nitrogens is 2. The number of hydrogen-bond donors (Lipinski definition) is 2. The van der Waals surface area contributed by atoms with Crippen molar-refractivity contribution in [3.8, 4) is 5.75 Å². The smallest absolute Gasteiger partial charge is 0.296 e. The fourth-order valence-electron chi connectivity index (χ4n) is 1.94. The van der Waals surface area contributed by atoms with Crippen molar-refractivity contribution in [3.05, 3.63) is 46.5 Å². The van der Waals surface area contributed by atoms with Crippen LogP contribution in [-0.2, 0) is 13.1 Å². The van der Waals surface area contributed by atoms with Gasteiger partial charge in [0.1, 0.15) is 11.4 Å². The van der Waals surface area contributed by atoms with Gasteiger partial charge in [0.25, 0.3) is 5.69 Å². The minimum absolute atomic E-state index is 0.127. The van der Waals surface area contributed by atoms with Crippen LogP contribution in [0.1, 0.15) is 19.0 Å². The molecule has 0 radical (unpaired) electrons. The van der Waals surface area contributed by atoms with Crippen LogP contribution in [0.15, 0.2) is 30.7 Å². The van der Waals surface area contributed by atoms with E-state index in [-0.39, 0.29) is 11.4 Å². The third-order valence-corrected chi connectivity index (χ3v) is 2.90. The predicted octanol–water partition coefficient (Wildman–Crippen LogP) is 2.52. The molecule has 1 aromatic carbocycles. The summed E-state index contributed by atoms with van der Waals surface area (Å²) in [5, 5.41) is 23.3. The predicted molar refractivity (Wildman–Crippen MR) is 74.6 cm³/mol. The highest BCUT2D eigenvalue weighted by molar-refractivity contribution is 5.63. The summed E-state index contributed by atoms with van der Waals surface area (Å²) in [5.41, 5.74) is 1.18. The third kappa shape index (κ3) is 3.05. The molecule has 2 rings (SSSR count). The monoisotopic (exact) mass is 276 g/mol. The molecule has 0 bridgehead atoms. The van der Waals surface area contributed by atoms with E-state index < -0.39 is 4.92 Å². The lowest BCUT2D eigenvalue weighted by Crippen LogP contribution is -2.08. The van der Waals surface area contributed by atoms with Crippen LogP contribution < -0.4 is 5.32 Å². The molecule has 106 valence electrons. The Labute approximate surface area is 116 Å². The van der Waals surface area contributed by atoms with Crippen molar-refractivity contribution in [3.63, 3.8) is 0 Å². The minimum atomic E-state index is -0.522. The fourth-order valence-corrected chi connectivity index (χ4v) is 1.94. The van der Waals surface area contributed by atoms with E-state index >= 15 is 0 Å². The second-order valence-corrected chi connectivity index (χ2v) is 4.39. The largest absolute Gasteiger partial charge is 0.508 e. The van der Waals surface area contributed by atoms with Crippen molar-refractivity contribution in [2.24, 2.45) is 0 Å². The van der Waals surface area contributed by atoms with Crippen molar-refractivity contribution in [1.29, 1.82) is 0 Å². The SMILES string of the molecule is CCCn1cncc1CNc1ccc(O)cc1[N+](=O)[O-]. The molecule has 7 nitrogen and oxygen atoms in total. The average molecular weight is 276 g/mol. The van der Waals surface area contributed by atoms with Crippen LogP contribution in [0.25, 0.3) is 0 Å². The number of imidazole rings is 1. The van der Waals surface area contributed by atoms with E-state index in [1.165, 1.54) is 12.1 Å². The molecular formula is C13H16N4O3. The van der Waals surface area contributed by atoms with E-state index in [0.29, 0.717) is 12.2 Å². The molecule has 0 aliphatic heterocycles. The van der Waals surface area contributed by atoms with Gasteiger partial charge in [0, 0.05) is 12.7 Å². The molecule has 0 saturated heterocycles. The standard InChI is InChI=1S/C13H16N4O3/c1-2-5-16-9-14-7-10(16)8-15-12-4-3-11(18)6-13(12)17(19)20/h3-4,6-7,9,15,18H,2,5,8H2,1H3. The lowest BCUT2D eigenvalue weighted by atomic mass is 10.2. The summed E-state index contributed by atoms with van der Waals surface area (Å²) in [6.07, 6.45) is 4.46. The Balaban J connectivity index is 2.14. The molecule has 2 aromatic rings. The summed E-state index contributed by atoms with van der Waals surface area (Å²) in [6.45, 7) is 3.36. The van der Waals surface area contributed by atoms with Gasteiger partial charge in [-0.2, -0.15) is 0 Å². The number of phenolic OH excluding ortho intramolecular Hbond substituents is 1. The van der Waals surface area contributed by atoms with E-state index in [9.17, 15) is 15.2 Å². The summed E-state index contributed by atoms with van der Waals surface area (Å²) >= 11 is 0. The lowest BCUT2D eigenvalue weighted by molar-refractivity contribution is -0.384. The highest BCUT2D eigenvalue weighted by atomic mass is 16.6. The Kier molecular flexibility index (Phi) is 4.19. The summed E-state index contributed by atoms with van der Waals surface area (Å²) in [7, 11) is 0. The van der Waals surface area contributed by atoms with Gasteiger partial charge in [0.15, 0.2) is 0 Å². The van der Waals surface area contributed by atoms with Crippen LogP contribution in [0, 0.1) is 10.1 Å².